The van der Waals surface area contributed by atoms with E-state index in [1.54, 1.807) is 0 Å². The Morgan fingerprint density at radius 2 is 1.86 bits per heavy atom. The van der Waals surface area contributed by atoms with Gasteiger partial charge < -0.3 is 9.64 Å². The first kappa shape index (κ1) is 14.9. The fourth-order valence-electron chi connectivity index (χ4n) is 3.01. The number of carbonyl (C=O) groups excluding carboxylic acids is 1. The van der Waals surface area contributed by atoms with Crippen molar-refractivity contribution in [2.45, 2.75) is 26.2 Å². The number of aliphatic imine (C=N–C) groups is 1. The van der Waals surface area contributed by atoms with Gasteiger partial charge in [-0.15, -0.1) is 0 Å². The summed E-state index contributed by atoms with van der Waals surface area (Å²) in [6.07, 6.45) is 3.64. The van der Waals surface area contributed by atoms with Gasteiger partial charge in [-0.1, -0.05) is 0 Å². The summed E-state index contributed by atoms with van der Waals surface area (Å²) in [6, 6.07) is 7.37. The Morgan fingerprint density at radius 1 is 1.14 bits per heavy atom. The lowest BCUT2D eigenvalue weighted by Gasteiger charge is -2.32. The number of guanidine groups is 1. The van der Waals surface area contributed by atoms with Crippen LogP contribution in [0.1, 0.15) is 36.5 Å². The van der Waals surface area contributed by atoms with E-state index in [2.05, 4.69) is 9.89 Å². The zero-order valence-electron chi connectivity index (χ0n) is 13.1. The second kappa shape index (κ2) is 6.81. The number of amides is 1. The minimum Gasteiger partial charge on any atom is -0.494 e. The third-order valence-corrected chi connectivity index (χ3v) is 4.11. The Balaban J connectivity index is 1.72. The third kappa shape index (κ3) is 3.08. The van der Waals surface area contributed by atoms with E-state index >= 15 is 0 Å². The van der Waals surface area contributed by atoms with Crippen molar-refractivity contribution in [3.63, 3.8) is 0 Å². The van der Waals surface area contributed by atoms with E-state index in [4.69, 9.17) is 4.74 Å². The lowest BCUT2D eigenvalue weighted by molar-refractivity contribution is 0.0841. The third-order valence-electron chi connectivity index (χ3n) is 4.11. The number of likely N-dealkylation sites (tertiary alicyclic amines) is 1. The summed E-state index contributed by atoms with van der Waals surface area (Å²) < 4.78 is 5.43. The topological polar surface area (TPSA) is 45.1 Å². The smallest absolute Gasteiger partial charge is 0.260 e. The van der Waals surface area contributed by atoms with Gasteiger partial charge in [-0.3, -0.25) is 14.7 Å². The molecule has 1 fully saturated rings. The van der Waals surface area contributed by atoms with Gasteiger partial charge in [0.05, 0.1) is 13.2 Å². The van der Waals surface area contributed by atoms with E-state index in [9.17, 15) is 4.79 Å². The molecule has 5 heteroatoms. The van der Waals surface area contributed by atoms with Crippen LogP contribution in [0.5, 0.6) is 5.75 Å². The molecule has 1 saturated heterocycles. The predicted octanol–water partition coefficient (Wildman–Crippen LogP) is 2.38. The number of benzene rings is 1. The van der Waals surface area contributed by atoms with Crippen LogP contribution in [-0.4, -0.2) is 54.5 Å². The number of hydrogen-bond donors (Lipinski definition) is 0. The molecule has 0 atom stereocenters. The molecule has 0 N–H and O–H groups in total. The van der Waals surface area contributed by atoms with Gasteiger partial charge in [0.1, 0.15) is 5.75 Å². The Kier molecular flexibility index (Phi) is 4.61. The molecule has 2 aliphatic heterocycles. The number of hydrogen-bond acceptors (Lipinski definition) is 4. The summed E-state index contributed by atoms with van der Waals surface area (Å²) in [5.41, 5.74) is 0.690. The minimum absolute atomic E-state index is 0.0323. The van der Waals surface area contributed by atoms with Gasteiger partial charge >= 0.3 is 0 Å². The number of nitrogens with zero attached hydrogens (tertiary/aromatic N) is 3. The maximum absolute atomic E-state index is 12.7. The van der Waals surface area contributed by atoms with E-state index in [1.807, 2.05) is 36.1 Å². The highest BCUT2D eigenvalue weighted by Gasteiger charge is 2.29. The first-order valence-corrected chi connectivity index (χ1v) is 8.13. The highest BCUT2D eigenvalue weighted by atomic mass is 16.5. The van der Waals surface area contributed by atoms with Gasteiger partial charge in [-0.2, -0.15) is 0 Å². The van der Waals surface area contributed by atoms with Crippen LogP contribution < -0.4 is 4.74 Å². The zero-order valence-corrected chi connectivity index (χ0v) is 13.1. The normalized spacial score (nSPS) is 18.3. The summed E-state index contributed by atoms with van der Waals surface area (Å²) >= 11 is 0. The molecule has 0 unspecified atom stereocenters. The number of carbonyl (C=O) groups is 1. The SMILES string of the molecule is CCOc1ccc(C(=O)N2CCN=C2N2CCCCC2)cc1. The molecule has 0 aromatic heterocycles. The Bertz CT molecular complexity index is 548. The molecular formula is C17H23N3O2. The van der Waals surface area contributed by atoms with Crippen LogP contribution >= 0.6 is 0 Å². The maximum atomic E-state index is 12.7. The van der Waals surface area contributed by atoms with Gasteiger partial charge in [-0.05, 0) is 50.5 Å². The monoisotopic (exact) mass is 301 g/mol. The Labute approximate surface area is 131 Å². The van der Waals surface area contributed by atoms with E-state index < -0.39 is 0 Å². The molecule has 0 radical (unpaired) electrons. The Morgan fingerprint density at radius 3 is 2.55 bits per heavy atom. The summed E-state index contributed by atoms with van der Waals surface area (Å²) in [7, 11) is 0. The van der Waals surface area contributed by atoms with Crippen molar-refractivity contribution in [2.24, 2.45) is 4.99 Å². The van der Waals surface area contributed by atoms with E-state index in [-0.39, 0.29) is 5.91 Å². The van der Waals surface area contributed by atoms with Gasteiger partial charge in [-0.25, -0.2) is 0 Å². The van der Waals surface area contributed by atoms with E-state index in [0.29, 0.717) is 25.3 Å². The first-order valence-electron chi connectivity index (χ1n) is 8.13. The fraction of sp³-hybridized carbons (Fsp3) is 0.529. The van der Waals surface area contributed by atoms with Crippen molar-refractivity contribution in [3.05, 3.63) is 29.8 Å². The van der Waals surface area contributed by atoms with Crippen molar-refractivity contribution >= 4 is 11.9 Å². The lowest BCUT2D eigenvalue weighted by Crippen LogP contribution is -2.46. The molecule has 2 aliphatic rings. The van der Waals surface area contributed by atoms with Crippen molar-refractivity contribution in [2.75, 3.05) is 32.8 Å². The molecule has 22 heavy (non-hydrogen) atoms. The second-order valence-electron chi connectivity index (χ2n) is 5.64. The lowest BCUT2D eigenvalue weighted by atomic mass is 10.1. The highest BCUT2D eigenvalue weighted by Crippen LogP contribution is 2.18. The fourth-order valence-corrected chi connectivity index (χ4v) is 3.01. The van der Waals surface area contributed by atoms with Crippen molar-refractivity contribution < 1.29 is 9.53 Å². The van der Waals surface area contributed by atoms with Crippen LogP contribution in [0.3, 0.4) is 0 Å². The molecule has 0 bridgehead atoms. The standard InChI is InChI=1S/C17H23N3O2/c1-2-22-15-8-6-14(7-9-15)16(21)20-13-10-18-17(20)19-11-4-3-5-12-19/h6-9H,2-5,10-13H2,1H3. The van der Waals surface area contributed by atoms with Crippen molar-refractivity contribution in [1.82, 2.24) is 9.80 Å². The molecule has 3 rings (SSSR count). The summed E-state index contributed by atoms with van der Waals surface area (Å²) in [5.74, 6) is 1.69. The molecule has 2 heterocycles. The minimum atomic E-state index is 0.0323. The van der Waals surface area contributed by atoms with Crippen molar-refractivity contribution in [3.8, 4) is 5.75 Å². The molecule has 0 aliphatic carbocycles. The Hall–Kier alpha value is -2.04. The van der Waals surface area contributed by atoms with Gasteiger partial charge in [0, 0.05) is 25.2 Å². The molecule has 118 valence electrons. The highest BCUT2D eigenvalue weighted by molar-refractivity contribution is 6.06. The maximum Gasteiger partial charge on any atom is 0.260 e. The second-order valence-corrected chi connectivity index (χ2v) is 5.64. The largest absolute Gasteiger partial charge is 0.494 e. The predicted molar refractivity (Wildman–Crippen MR) is 86.4 cm³/mol. The van der Waals surface area contributed by atoms with Crippen LogP contribution in [0.2, 0.25) is 0 Å². The summed E-state index contributed by atoms with van der Waals surface area (Å²) in [4.78, 5) is 21.4. The molecule has 1 aromatic carbocycles. The molecule has 0 spiro atoms. The number of piperidine rings is 1. The van der Waals surface area contributed by atoms with Crippen LogP contribution in [0.4, 0.5) is 0 Å². The molecule has 0 saturated carbocycles. The van der Waals surface area contributed by atoms with Gasteiger partial charge in [0.25, 0.3) is 5.91 Å². The zero-order chi connectivity index (χ0) is 15.4. The van der Waals surface area contributed by atoms with Crippen LogP contribution in [0, 0.1) is 0 Å². The number of rotatable bonds is 3. The molecule has 5 nitrogen and oxygen atoms in total. The molecule has 1 amide bonds. The van der Waals surface area contributed by atoms with Crippen LogP contribution in [0.15, 0.2) is 29.3 Å². The van der Waals surface area contributed by atoms with Gasteiger partial charge in [0.15, 0.2) is 0 Å². The van der Waals surface area contributed by atoms with Gasteiger partial charge in [0.2, 0.25) is 5.96 Å². The summed E-state index contributed by atoms with van der Waals surface area (Å²) in [6.45, 7) is 5.97. The van der Waals surface area contributed by atoms with Crippen molar-refractivity contribution in [1.29, 1.82) is 0 Å². The van der Waals surface area contributed by atoms with Crippen LogP contribution in [-0.2, 0) is 0 Å². The molecule has 1 aromatic rings. The summed E-state index contributed by atoms with van der Waals surface area (Å²) in [5, 5.41) is 0. The quantitative estimate of drug-likeness (QED) is 0.861. The first-order chi connectivity index (χ1) is 10.8. The molecular weight excluding hydrogens is 278 g/mol. The van der Waals surface area contributed by atoms with E-state index in [1.165, 1.54) is 19.3 Å². The van der Waals surface area contributed by atoms with Crippen LogP contribution in [0.25, 0.3) is 0 Å². The van der Waals surface area contributed by atoms with E-state index in [0.717, 1.165) is 24.8 Å². The number of ether oxygens (including phenoxy) is 1. The average molecular weight is 301 g/mol. The average Bonchev–Trinajstić information content (AvgIpc) is 3.06.